The molecule has 1 aliphatic carbocycles. The third kappa shape index (κ3) is 3.75. The second-order valence-electron chi connectivity index (χ2n) is 5.27. The Morgan fingerprint density at radius 1 is 1.18 bits per heavy atom. The molecule has 0 heterocycles. The maximum Gasteiger partial charge on any atom is 0.0387 e. The molecular formula is C15H23NS. The van der Waals surface area contributed by atoms with Crippen LogP contribution in [-0.2, 0) is 0 Å². The minimum Gasteiger partial charge on any atom is -0.323 e. The van der Waals surface area contributed by atoms with Crippen LogP contribution >= 0.6 is 11.8 Å². The summed E-state index contributed by atoms with van der Waals surface area (Å²) in [5.74, 6) is 1.06. The summed E-state index contributed by atoms with van der Waals surface area (Å²) >= 11 is 2.07. The van der Waals surface area contributed by atoms with Crippen LogP contribution in [0.4, 0.5) is 0 Å². The maximum absolute atomic E-state index is 6.29. The molecule has 0 spiro atoms. The van der Waals surface area contributed by atoms with Gasteiger partial charge in [-0.15, -0.1) is 0 Å². The van der Waals surface area contributed by atoms with E-state index in [4.69, 9.17) is 5.73 Å². The number of aryl methyl sites for hydroxylation is 2. The van der Waals surface area contributed by atoms with Crippen molar-refractivity contribution in [3.05, 3.63) is 34.9 Å². The molecule has 1 atom stereocenters. The molecule has 0 aromatic heterocycles. The van der Waals surface area contributed by atoms with Crippen molar-refractivity contribution in [3.8, 4) is 0 Å². The number of nitrogens with two attached hydrogens (primary N) is 1. The van der Waals surface area contributed by atoms with E-state index in [-0.39, 0.29) is 6.04 Å². The van der Waals surface area contributed by atoms with Crippen LogP contribution < -0.4 is 5.73 Å². The molecule has 1 nitrogen and oxygen atoms in total. The molecule has 2 rings (SSSR count). The van der Waals surface area contributed by atoms with Gasteiger partial charge < -0.3 is 5.73 Å². The Labute approximate surface area is 109 Å². The van der Waals surface area contributed by atoms with Crippen LogP contribution in [0.3, 0.4) is 0 Å². The van der Waals surface area contributed by atoms with Crippen molar-refractivity contribution in [2.45, 2.75) is 50.8 Å². The Morgan fingerprint density at radius 3 is 2.35 bits per heavy atom. The van der Waals surface area contributed by atoms with Crippen molar-refractivity contribution in [1.29, 1.82) is 0 Å². The molecule has 2 N–H and O–H groups in total. The van der Waals surface area contributed by atoms with Gasteiger partial charge in [0.25, 0.3) is 0 Å². The van der Waals surface area contributed by atoms with Gasteiger partial charge in [0.05, 0.1) is 0 Å². The van der Waals surface area contributed by atoms with Gasteiger partial charge in [0, 0.05) is 17.0 Å². The number of hydrogen-bond acceptors (Lipinski definition) is 2. The van der Waals surface area contributed by atoms with Crippen molar-refractivity contribution in [3.63, 3.8) is 0 Å². The van der Waals surface area contributed by atoms with Crippen molar-refractivity contribution in [2.75, 3.05) is 5.75 Å². The van der Waals surface area contributed by atoms with Crippen LogP contribution in [0.15, 0.2) is 18.2 Å². The van der Waals surface area contributed by atoms with Crippen LogP contribution in [0, 0.1) is 13.8 Å². The van der Waals surface area contributed by atoms with E-state index in [2.05, 4.69) is 43.8 Å². The molecule has 0 bridgehead atoms. The molecule has 0 saturated heterocycles. The van der Waals surface area contributed by atoms with Gasteiger partial charge in [0.15, 0.2) is 0 Å². The van der Waals surface area contributed by atoms with Crippen LogP contribution in [0.1, 0.15) is 48.4 Å². The van der Waals surface area contributed by atoms with E-state index in [1.165, 1.54) is 42.4 Å². The van der Waals surface area contributed by atoms with Crippen molar-refractivity contribution < 1.29 is 0 Å². The number of rotatable bonds is 4. The van der Waals surface area contributed by atoms with E-state index in [0.29, 0.717) is 0 Å². The lowest BCUT2D eigenvalue weighted by Crippen LogP contribution is -2.15. The second-order valence-corrected chi connectivity index (χ2v) is 6.60. The Hall–Kier alpha value is -0.470. The first kappa shape index (κ1) is 13.0. The first-order valence-electron chi connectivity index (χ1n) is 6.60. The largest absolute Gasteiger partial charge is 0.323 e. The zero-order chi connectivity index (χ0) is 12.3. The van der Waals surface area contributed by atoms with Gasteiger partial charge in [0.1, 0.15) is 0 Å². The molecule has 1 aromatic carbocycles. The SMILES string of the molecule is Cc1cc(C)cc(C(N)CSC2CCCC2)c1. The predicted molar refractivity (Wildman–Crippen MR) is 77.6 cm³/mol. The number of benzene rings is 1. The summed E-state index contributed by atoms with van der Waals surface area (Å²) in [6.45, 7) is 4.29. The summed E-state index contributed by atoms with van der Waals surface area (Å²) in [5.41, 5.74) is 10.2. The van der Waals surface area contributed by atoms with Crippen LogP contribution in [0.2, 0.25) is 0 Å². The van der Waals surface area contributed by atoms with Crippen molar-refractivity contribution >= 4 is 11.8 Å². The molecule has 0 aliphatic heterocycles. The highest BCUT2D eigenvalue weighted by atomic mass is 32.2. The Balaban J connectivity index is 1.91. The fourth-order valence-electron chi connectivity index (χ4n) is 2.61. The third-order valence-corrected chi connectivity index (χ3v) is 4.98. The Kier molecular flexibility index (Phi) is 4.52. The van der Waals surface area contributed by atoms with E-state index in [9.17, 15) is 0 Å². The molecule has 94 valence electrons. The zero-order valence-electron chi connectivity index (χ0n) is 10.9. The minimum atomic E-state index is 0.194. The van der Waals surface area contributed by atoms with Gasteiger partial charge in [-0.3, -0.25) is 0 Å². The van der Waals surface area contributed by atoms with E-state index in [0.717, 1.165) is 11.0 Å². The minimum absolute atomic E-state index is 0.194. The maximum atomic E-state index is 6.29. The average molecular weight is 249 g/mol. The highest BCUT2D eigenvalue weighted by Crippen LogP contribution is 2.31. The molecular weight excluding hydrogens is 226 g/mol. The first-order chi connectivity index (χ1) is 8.15. The van der Waals surface area contributed by atoms with Gasteiger partial charge in [-0.1, -0.05) is 42.2 Å². The van der Waals surface area contributed by atoms with Crippen molar-refractivity contribution in [1.82, 2.24) is 0 Å². The fourth-order valence-corrected chi connectivity index (χ4v) is 3.95. The molecule has 1 unspecified atom stereocenters. The van der Waals surface area contributed by atoms with Crippen LogP contribution in [0.5, 0.6) is 0 Å². The molecule has 1 saturated carbocycles. The number of thioether (sulfide) groups is 1. The normalized spacial score (nSPS) is 18.5. The lowest BCUT2D eigenvalue weighted by molar-refractivity contribution is 0.817. The smallest absolute Gasteiger partial charge is 0.0387 e. The molecule has 1 aliphatic rings. The van der Waals surface area contributed by atoms with E-state index >= 15 is 0 Å². The van der Waals surface area contributed by atoms with E-state index < -0.39 is 0 Å². The summed E-state index contributed by atoms with van der Waals surface area (Å²) in [4.78, 5) is 0. The fraction of sp³-hybridized carbons (Fsp3) is 0.600. The topological polar surface area (TPSA) is 26.0 Å². The average Bonchev–Trinajstić information content (AvgIpc) is 2.77. The molecule has 2 heteroatoms. The van der Waals surface area contributed by atoms with Gasteiger partial charge >= 0.3 is 0 Å². The molecule has 17 heavy (non-hydrogen) atoms. The van der Waals surface area contributed by atoms with Crippen LogP contribution in [-0.4, -0.2) is 11.0 Å². The molecule has 1 fully saturated rings. The summed E-state index contributed by atoms with van der Waals surface area (Å²) < 4.78 is 0. The standard InChI is InChI=1S/C15H23NS/c1-11-7-12(2)9-13(8-11)15(16)10-17-14-5-3-4-6-14/h7-9,14-15H,3-6,10,16H2,1-2H3. The predicted octanol–water partition coefficient (Wildman–Crippen LogP) is 3.98. The van der Waals surface area contributed by atoms with Gasteiger partial charge in [0.2, 0.25) is 0 Å². The van der Waals surface area contributed by atoms with Gasteiger partial charge in [-0.25, -0.2) is 0 Å². The van der Waals surface area contributed by atoms with Crippen molar-refractivity contribution in [2.24, 2.45) is 5.73 Å². The highest BCUT2D eigenvalue weighted by molar-refractivity contribution is 7.99. The Morgan fingerprint density at radius 2 is 1.76 bits per heavy atom. The van der Waals surface area contributed by atoms with E-state index in [1.54, 1.807) is 0 Å². The number of hydrogen-bond donors (Lipinski definition) is 1. The van der Waals surface area contributed by atoms with Gasteiger partial charge in [-0.2, -0.15) is 11.8 Å². The summed E-state index contributed by atoms with van der Waals surface area (Å²) in [6.07, 6.45) is 5.61. The quantitative estimate of drug-likeness (QED) is 0.873. The Bertz CT molecular complexity index is 349. The zero-order valence-corrected chi connectivity index (χ0v) is 11.7. The van der Waals surface area contributed by atoms with Crippen LogP contribution in [0.25, 0.3) is 0 Å². The molecule has 1 aromatic rings. The second kappa shape index (κ2) is 5.92. The van der Waals surface area contributed by atoms with Gasteiger partial charge in [-0.05, 0) is 32.3 Å². The summed E-state index contributed by atoms with van der Waals surface area (Å²) in [6, 6.07) is 6.86. The molecule has 0 amide bonds. The lowest BCUT2D eigenvalue weighted by atomic mass is 10.0. The summed E-state index contributed by atoms with van der Waals surface area (Å²) in [7, 11) is 0. The lowest BCUT2D eigenvalue weighted by Gasteiger charge is -2.16. The first-order valence-corrected chi connectivity index (χ1v) is 7.65. The monoisotopic (exact) mass is 249 g/mol. The highest BCUT2D eigenvalue weighted by Gasteiger charge is 2.17. The summed E-state index contributed by atoms with van der Waals surface area (Å²) in [5, 5.41) is 0.868. The molecule has 0 radical (unpaired) electrons. The third-order valence-electron chi connectivity index (χ3n) is 3.49. The van der Waals surface area contributed by atoms with E-state index in [1.807, 2.05) is 0 Å².